The maximum absolute atomic E-state index is 12.7. The lowest BCUT2D eigenvalue weighted by Crippen LogP contribution is -2.24. The maximum atomic E-state index is 12.7. The number of rotatable bonds is 6. The van der Waals surface area contributed by atoms with E-state index in [0.29, 0.717) is 22.6 Å². The minimum atomic E-state index is -0.453. The van der Waals surface area contributed by atoms with Gasteiger partial charge in [0.25, 0.3) is 11.8 Å². The average molecular weight is 416 g/mol. The molecule has 0 unspecified atom stereocenters. The lowest BCUT2D eigenvalue weighted by molar-refractivity contribution is -0.131. The van der Waals surface area contributed by atoms with Gasteiger partial charge in [0, 0.05) is 30.3 Å². The smallest absolute Gasteiger partial charge is 0.308 e. The second kappa shape index (κ2) is 9.71. The van der Waals surface area contributed by atoms with E-state index in [1.165, 1.54) is 13.0 Å². The zero-order chi connectivity index (χ0) is 22.4. The lowest BCUT2D eigenvalue weighted by Gasteiger charge is -2.13. The first kappa shape index (κ1) is 21.8. The zero-order valence-electron chi connectivity index (χ0n) is 17.7. The van der Waals surface area contributed by atoms with E-state index in [0.717, 1.165) is 16.7 Å². The SMILES string of the molecule is CC(=O)Oc1cccc(C(=O)NCc2ccccc2NC(=O)c2ccc(C)c(C)c2)c1. The Morgan fingerprint density at radius 3 is 2.29 bits per heavy atom. The molecule has 0 radical (unpaired) electrons. The summed E-state index contributed by atoms with van der Waals surface area (Å²) in [5.41, 5.74) is 4.50. The molecule has 6 heteroatoms. The third-order valence-corrected chi connectivity index (χ3v) is 4.83. The van der Waals surface area contributed by atoms with Crippen molar-refractivity contribution in [1.29, 1.82) is 0 Å². The van der Waals surface area contributed by atoms with Crippen molar-refractivity contribution >= 4 is 23.5 Å². The first-order chi connectivity index (χ1) is 14.8. The van der Waals surface area contributed by atoms with E-state index in [4.69, 9.17) is 4.74 Å². The number of para-hydroxylation sites is 1. The molecule has 0 fully saturated rings. The molecular weight excluding hydrogens is 392 g/mol. The van der Waals surface area contributed by atoms with Crippen LogP contribution in [0.2, 0.25) is 0 Å². The van der Waals surface area contributed by atoms with E-state index in [1.807, 2.05) is 44.2 Å². The highest BCUT2D eigenvalue weighted by molar-refractivity contribution is 6.05. The molecule has 0 atom stereocenters. The number of benzene rings is 3. The Hall–Kier alpha value is -3.93. The van der Waals surface area contributed by atoms with Gasteiger partial charge in [0.2, 0.25) is 0 Å². The summed E-state index contributed by atoms with van der Waals surface area (Å²) in [6.45, 7) is 5.48. The van der Waals surface area contributed by atoms with Crippen LogP contribution in [-0.4, -0.2) is 17.8 Å². The Morgan fingerprint density at radius 1 is 0.806 bits per heavy atom. The van der Waals surface area contributed by atoms with Gasteiger partial charge in [0.05, 0.1) is 0 Å². The number of amides is 2. The summed E-state index contributed by atoms with van der Waals surface area (Å²) >= 11 is 0. The van der Waals surface area contributed by atoms with Crippen LogP contribution >= 0.6 is 0 Å². The fourth-order valence-corrected chi connectivity index (χ4v) is 3.02. The van der Waals surface area contributed by atoms with Crippen molar-refractivity contribution < 1.29 is 19.1 Å². The van der Waals surface area contributed by atoms with Crippen molar-refractivity contribution in [3.63, 3.8) is 0 Å². The summed E-state index contributed by atoms with van der Waals surface area (Å²) in [7, 11) is 0. The van der Waals surface area contributed by atoms with Crippen molar-refractivity contribution in [3.8, 4) is 5.75 Å². The Labute approximate surface area is 181 Å². The number of nitrogens with one attached hydrogen (secondary N) is 2. The molecule has 0 spiro atoms. The monoisotopic (exact) mass is 416 g/mol. The second-order valence-electron chi connectivity index (χ2n) is 7.21. The van der Waals surface area contributed by atoms with Crippen molar-refractivity contribution in [2.75, 3.05) is 5.32 Å². The largest absolute Gasteiger partial charge is 0.427 e. The van der Waals surface area contributed by atoms with Crippen LogP contribution in [0.1, 0.15) is 44.3 Å². The molecule has 6 nitrogen and oxygen atoms in total. The van der Waals surface area contributed by atoms with Gasteiger partial charge in [-0.3, -0.25) is 14.4 Å². The molecule has 0 bridgehead atoms. The van der Waals surface area contributed by atoms with Crippen LogP contribution in [0.3, 0.4) is 0 Å². The Bertz CT molecular complexity index is 1140. The highest BCUT2D eigenvalue weighted by Crippen LogP contribution is 2.18. The molecule has 0 aromatic heterocycles. The van der Waals surface area contributed by atoms with Crippen molar-refractivity contribution in [3.05, 3.63) is 94.5 Å². The molecule has 0 aliphatic heterocycles. The molecule has 3 aromatic carbocycles. The van der Waals surface area contributed by atoms with Crippen LogP contribution in [-0.2, 0) is 11.3 Å². The summed E-state index contributed by atoms with van der Waals surface area (Å²) in [5, 5.41) is 5.76. The van der Waals surface area contributed by atoms with E-state index >= 15 is 0 Å². The summed E-state index contributed by atoms with van der Waals surface area (Å²) < 4.78 is 5.02. The van der Waals surface area contributed by atoms with Crippen LogP contribution < -0.4 is 15.4 Å². The molecule has 2 amide bonds. The fraction of sp³-hybridized carbons (Fsp3) is 0.160. The number of esters is 1. The standard InChI is InChI=1S/C25H24N2O4/c1-16-11-12-20(13-17(16)2)25(30)27-23-10-5-4-7-21(23)15-26-24(29)19-8-6-9-22(14-19)31-18(3)28/h4-14H,15H2,1-3H3,(H,26,29)(H,27,30). The highest BCUT2D eigenvalue weighted by atomic mass is 16.5. The average Bonchev–Trinajstić information content (AvgIpc) is 2.74. The van der Waals surface area contributed by atoms with Gasteiger partial charge in [-0.05, 0) is 66.9 Å². The molecule has 0 saturated carbocycles. The molecule has 2 N–H and O–H groups in total. The van der Waals surface area contributed by atoms with Crippen LogP contribution in [0, 0.1) is 13.8 Å². The van der Waals surface area contributed by atoms with Gasteiger partial charge in [-0.1, -0.05) is 30.3 Å². The molecule has 158 valence electrons. The quantitative estimate of drug-likeness (QED) is 0.460. The van der Waals surface area contributed by atoms with Crippen LogP contribution in [0.15, 0.2) is 66.7 Å². The summed E-state index contributed by atoms with van der Waals surface area (Å²) in [5.74, 6) is -0.674. The van der Waals surface area contributed by atoms with Gasteiger partial charge in [-0.15, -0.1) is 0 Å². The maximum Gasteiger partial charge on any atom is 0.308 e. The van der Waals surface area contributed by atoms with Crippen molar-refractivity contribution in [1.82, 2.24) is 5.32 Å². The summed E-state index contributed by atoms with van der Waals surface area (Å²) in [4.78, 5) is 36.3. The van der Waals surface area contributed by atoms with Crippen molar-refractivity contribution in [2.45, 2.75) is 27.3 Å². The number of ether oxygens (including phenoxy) is 1. The normalized spacial score (nSPS) is 10.3. The van der Waals surface area contributed by atoms with Crippen LogP contribution in [0.25, 0.3) is 0 Å². The first-order valence-corrected chi connectivity index (χ1v) is 9.86. The van der Waals surface area contributed by atoms with E-state index < -0.39 is 5.97 Å². The van der Waals surface area contributed by atoms with Gasteiger partial charge in [0.1, 0.15) is 5.75 Å². The topological polar surface area (TPSA) is 84.5 Å². The van der Waals surface area contributed by atoms with Crippen LogP contribution in [0.5, 0.6) is 5.75 Å². The van der Waals surface area contributed by atoms with Gasteiger partial charge in [-0.25, -0.2) is 0 Å². The van der Waals surface area contributed by atoms with E-state index in [-0.39, 0.29) is 18.4 Å². The number of carbonyl (C=O) groups is 3. The summed E-state index contributed by atoms with van der Waals surface area (Å²) in [6.07, 6.45) is 0. The van der Waals surface area contributed by atoms with Gasteiger partial charge >= 0.3 is 5.97 Å². The second-order valence-corrected chi connectivity index (χ2v) is 7.21. The Morgan fingerprint density at radius 2 is 1.55 bits per heavy atom. The highest BCUT2D eigenvalue weighted by Gasteiger charge is 2.12. The Kier molecular flexibility index (Phi) is 6.82. The lowest BCUT2D eigenvalue weighted by atomic mass is 10.1. The molecule has 31 heavy (non-hydrogen) atoms. The molecule has 0 aliphatic carbocycles. The minimum absolute atomic E-state index is 0.212. The third kappa shape index (κ3) is 5.79. The molecule has 0 saturated heterocycles. The van der Waals surface area contributed by atoms with Gasteiger partial charge < -0.3 is 15.4 Å². The molecule has 0 heterocycles. The fourth-order valence-electron chi connectivity index (χ4n) is 3.02. The molecule has 0 aliphatic rings. The Balaban J connectivity index is 1.69. The molecular formula is C25H24N2O4. The third-order valence-electron chi connectivity index (χ3n) is 4.83. The van der Waals surface area contributed by atoms with E-state index in [1.54, 1.807) is 30.3 Å². The predicted octanol–water partition coefficient (Wildman–Crippen LogP) is 4.41. The number of anilines is 1. The van der Waals surface area contributed by atoms with E-state index in [2.05, 4.69) is 10.6 Å². The number of hydrogen-bond donors (Lipinski definition) is 2. The van der Waals surface area contributed by atoms with Crippen molar-refractivity contribution in [2.24, 2.45) is 0 Å². The van der Waals surface area contributed by atoms with Gasteiger partial charge in [-0.2, -0.15) is 0 Å². The molecule has 3 rings (SSSR count). The molecule has 3 aromatic rings. The van der Waals surface area contributed by atoms with E-state index in [9.17, 15) is 14.4 Å². The first-order valence-electron chi connectivity index (χ1n) is 9.86. The zero-order valence-corrected chi connectivity index (χ0v) is 17.7. The summed E-state index contributed by atoms with van der Waals surface area (Å²) in [6, 6.07) is 19.2. The number of aryl methyl sites for hydroxylation is 2. The van der Waals surface area contributed by atoms with Gasteiger partial charge in [0.15, 0.2) is 0 Å². The number of hydrogen-bond acceptors (Lipinski definition) is 4. The predicted molar refractivity (Wildman–Crippen MR) is 119 cm³/mol. The van der Waals surface area contributed by atoms with Crippen LogP contribution in [0.4, 0.5) is 5.69 Å². The number of carbonyl (C=O) groups excluding carboxylic acids is 3. The minimum Gasteiger partial charge on any atom is -0.427 e.